The van der Waals surface area contributed by atoms with Crippen molar-refractivity contribution in [1.82, 2.24) is 4.90 Å². The van der Waals surface area contributed by atoms with Crippen LogP contribution >= 0.6 is 0 Å². The van der Waals surface area contributed by atoms with Crippen molar-refractivity contribution in [2.45, 2.75) is 6.54 Å². The number of aliphatic hydroxyl groups excluding tert-OH is 1. The Bertz CT molecular complexity index is 301. The van der Waals surface area contributed by atoms with Crippen LogP contribution in [0.4, 0.5) is 11.4 Å². The molecule has 0 heterocycles. The molecule has 4 nitrogen and oxygen atoms in total. The van der Waals surface area contributed by atoms with Crippen molar-refractivity contribution in [3.05, 3.63) is 23.8 Å². The number of nitrogens with two attached hydrogens (primary N) is 2. The van der Waals surface area contributed by atoms with Gasteiger partial charge >= 0.3 is 0 Å². The molecule has 1 rings (SSSR count). The van der Waals surface area contributed by atoms with Crippen LogP contribution in [0.25, 0.3) is 0 Å². The number of aliphatic hydroxyl groups is 1. The van der Waals surface area contributed by atoms with Gasteiger partial charge in [-0.05, 0) is 24.7 Å². The molecule has 5 N–H and O–H groups in total. The Labute approximate surface area is 84.1 Å². The minimum Gasteiger partial charge on any atom is -0.397 e. The number of anilines is 2. The summed E-state index contributed by atoms with van der Waals surface area (Å²) in [5, 5.41) is 8.73. The first-order chi connectivity index (χ1) is 6.63. The topological polar surface area (TPSA) is 75.5 Å². The number of nitrogens with zero attached hydrogens (tertiary/aromatic N) is 1. The SMILES string of the molecule is CN(CCO)Cc1ccc(N)c(N)c1. The fourth-order valence-corrected chi connectivity index (χ4v) is 1.28. The van der Waals surface area contributed by atoms with Crippen molar-refractivity contribution in [3.8, 4) is 0 Å². The van der Waals surface area contributed by atoms with Crippen LogP contribution in [-0.4, -0.2) is 30.2 Å². The molecule has 4 heteroatoms. The van der Waals surface area contributed by atoms with E-state index in [1.165, 1.54) is 0 Å². The average molecular weight is 195 g/mol. The molecule has 0 saturated carbocycles. The minimum absolute atomic E-state index is 0.168. The minimum atomic E-state index is 0.168. The first-order valence-corrected chi connectivity index (χ1v) is 4.56. The summed E-state index contributed by atoms with van der Waals surface area (Å²) in [5.74, 6) is 0. The predicted octanol–water partition coefficient (Wildman–Crippen LogP) is 0.275. The van der Waals surface area contributed by atoms with Gasteiger partial charge in [0.05, 0.1) is 18.0 Å². The van der Waals surface area contributed by atoms with E-state index in [4.69, 9.17) is 16.6 Å². The van der Waals surface area contributed by atoms with Gasteiger partial charge < -0.3 is 16.6 Å². The van der Waals surface area contributed by atoms with Gasteiger partial charge in [0.1, 0.15) is 0 Å². The normalized spacial score (nSPS) is 10.8. The summed E-state index contributed by atoms with van der Waals surface area (Å²) < 4.78 is 0. The zero-order valence-corrected chi connectivity index (χ0v) is 8.40. The molecule has 0 bridgehead atoms. The number of rotatable bonds is 4. The lowest BCUT2D eigenvalue weighted by atomic mass is 10.1. The summed E-state index contributed by atoms with van der Waals surface area (Å²) in [6, 6.07) is 5.61. The molecule has 14 heavy (non-hydrogen) atoms. The van der Waals surface area contributed by atoms with E-state index in [0.29, 0.717) is 17.9 Å². The first kappa shape index (κ1) is 10.8. The second-order valence-electron chi connectivity index (χ2n) is 3.42. The second kappa shape index (κ2) is 4.83. The summed E-state index contributed by atoms with van der Waals surface area (Å²) in [4.78, 5) is 2.02. The molecule has 0 unspecified atom stereocenters. The van der Waals surface area contributed by atoms with Crippen LogP contribution in [0.5, 0.6) is 0 Å². The van der Waals surface area contributed by atoms with Crippen LogP contribution in [-0.2, 0) is 6.54 Å². The quantitative estimate of drug-likeness (QED) is 0.603. The van der Waals surface area contributed by atoms with Gasteiger partial charge in [0.15, 0.2) is 0 Å². The molecule has 0 amide bonds. The third kappa shape index (κ3) is 2.90. The molecule has 0 aromatic heterocycles. The molecule has 1 aromatic carbocycles. The summed E-state index contributed by atoms with van der Waals surface area (Å²) in [6.45, 7) is 1.59. The highest BCUT2D eigenvalue weighted by Gasteiger charge is 2.01. The van der Waals surface area contributed by atoms with Gasteiger partial charge in [-0.25, -0.2) is 0 Å². The van der Waals surface area contributed by atoms with E-state index in [1.807, 2.05) is 24.1 Å². The zero-order valence-electron chi connectivity index (χ0n) is 8.40. The average Bonchev–Trinajstić information content (AvgIpc) is 2.12. The molecule has 0 aliphatic rings. The molecule has 0 atom stereocenters. The van der Waals surface area contributed by atoms with Crippen LogP contribution in [0.15, 0.2) is 18.2 Å². The fraction of sp³-hybridized carbons (Fsp3) is 0.400. The van der Waals surface area contributed by atoms with Crippen LogP contribution < -0.4 is 11.5 Å². The van der Waals surface area contributed by atoms with E-state index in [1.54, 1.807) is 6.07 Å². The van der Waals surface area contributed by atoms with E-state index in [9.17, 15) is 0 Å². The van der Waals surface area contributed by atoms with E-state index in [-0.39, 0.29) is 6.61 Å². The Morgan fingerprint density at radius 1 is 1.29 bits per heavy atom. The maximum Gasteiger partial charge on any atom is 0.0558 e. The summed E-state index contributed by atoms with van der Waals surface area (Å²) in [7, 11) is 1.95. The van der Waals surface area contributed by atoms with Crippen LogP contribution in [0.3, 0.4) is 0 Å². The van der Waals surface area contributed by atoms with Crippen molar-refractivity contribution in [1.29, 1.82) is 0 Å². The highest BCUT2D eigenvalue weighted by atomic mass is 16.3. The maximum absolute atomic E-state index is 8.73. The number of likely N-dealkylation sites (N-methyl/N-ethyl adjacent to an activating group) is 1. The molecule has 0 aliphatic heterocycles. The predicted molar refractivity (Wildman–Crippen MR) is 58.7 cm³/mol. The summed E-state index contributed by atoms with van der Waals surface area (Å²) in [6.07, 6.45) is 0. The number of hydrogen-bond donors (Lipinski definition) is 3. The van der Waals surface area contributed by atoms with E-state index in [2.05, 4.69) is 0 Å². The second-order valence-corrected chi connectivity index (χ2v) is 3.42. The van der Waals surface area contributed by atoms with Gasteiger partial charge in [0.2, 0.25) is 0 Å². The standard InChI is InChI=1S/C10H17N3O/c1-13(4-5-14)7-8-2-3-9(11)10(12)6-8/h2-3,6,14H,4-5,7,11-12H2,1H3. The molecule has 0 radical (unpaired) electrons. The molecule has 0 spiro atoms. The lowest BCUT2D eigenvalue weighted by Gasteiger charge is -2.15. The summed E-state index contributed by atoms with van der Waals surface area (Å²) >= 11 is 0. The van der Waals surface area contributed by atoms with Crippen molar-refractivity contribution >= 4 is 11.4 Å². The van der Waals surface area contributed by atoms with Crippen LogP contribution in [0, 0.1) is 0 Å². The highest BCUT2D eigenvalue weighted by Crippen LogP contribution is 2.16. The van der Waals surface area contributed by atoms with Crippen molar-refractivity contribution < 1.29 is 5.11 Å². The molecule has 78 valence electrons. The van der Waals surface area contributed by atoms with Crippen molar-refractivity contribution in [3.63, 3.8) is 0 Å². The molecule has 1 aromatic rings. The van der Waals surface area contributed by atoms with Gasteiger partial charge in [-0.2, -0.15) is 0 Å². The van der Waals surface area contributed by atoms with Gasteiger partial charge in [-0.1, -0.05) is 6.07 Å². The third-order valence-electron chi connectivity index (χ3n) is 2.09. The molecular formula is C10H17N3O. The Morgan fingerprint density at radius 2 is 2.00 bits per heavy atom. The third-order valence-corrected chi connectivity index (χ3v) is 2.09. The van der Waals surface area contributed by atoms with E-state index >= 15 is 0 Å². The highest BCUT2D eigenvalue weighted by molar-refractivity contribution is 5.63. The van der Waals surface area contributed by atoms with Gasteiger partial charge in [-0.3, -0.25) is 4.90 Å². The zero-order chi connectivity index (χ0) is 10.6. The lowest BCUT2D eigenvalue weighted by Crippen LogP contribution is -2.21. The Balaban J connectivity index is 2.63. The smallest absolute Gasteiger partial charge is 0.0558 e. The Hall–Kier alpha value is -1.26. The van der Waals surface area contributed by atoms with Gasteiger partial charge in [0.25, 0.3) is 0 Å². The molecule has 0 aliphatic carbocycles. The van der Waals surface area contributed by atoms with E-state index in [0.717, 1.165) is 12.1 Å². The monoisotopic (exact) mass is 195 g/mol. The molecule has 0 fully saturated rings. The number of nitrogen functional groups attached to an aromatic ring is 2. The van der Waals surface area contributed by atoms with Gasteiger partial charge in [0, 0.05) is 13.1 Å². The Kier molecular flexibility index (Phi) is 3.73. The van der Waals surface area contributed by atoms with Crippen molar-refractivity contribution in [2.75, 3.05) is 31.7 Å². The Morgan fingerprint density at radius 3 is 2.57 bits per heavy atom. The number of benzene rings is 1. The fourth-order valence-electron chi connectivity index (χ4n) is 1.28. The van der Waals surface area contributed by atoms with E-state index < -0.39 is 0 Å². The van der Waals surface area contributed by atoms with Crippen LogP contribution in [0.1, 0.15) is 5.56 Å². The largest absolute Gasteiger partial charge is 0.397 e. The molecule has 0 saturated heterocycles. The lowest BCUT2D eigenvalue weighted by molar-refractivity contribution is 0.217. The maximum atomic E-state index is 8.73. The summed E-state index contributed by atoms with van der Waals surface area (Å²) in [5.41, 5.74) is 13.6. The first-order valence-electron chi connectivity index (χ1n) is 4.56. The number of hydrogen-bond acceptors (Lipinski definition) is 4. The van der Waals surface area contributed by atoms with Crippen LogP contribution in [0.2, 0.25) is 0 Å². The van der Waals surface area contributed by atoms with Gasteiger partial charge in [-0.15, -0.1) is 0 Å². The molecular weight excluding hydrogens is 178 g/mol. The van der Waals surface area contributed by atoms with Crippen molar-refractivity contribution in [2.24, 2.45) is 0 Å².